The first-order valence-corrected chi connectivity index (χ1v) is 9.89. The molecule has 2 amide bonds. The number of carbonyl (C=O) groups is 2. The molecular formula is C21H34ClN3O2. The van der Waals surface area contributed by atoms with Crippen LogP contribution in [0.15, 0.2) is 24.3 Å². The third-order valence-electron chi connectivity index (χ3n) is 4.95. The van der Waals surface area contributed by atoms with E-state index in [2.05, 4.69) is 19.2 Å². The van der Waals surface area contributed by atoms with Gasteiger partial charge in [0.25, 0.3) is 5.91 Å². The minimum Gasteiger partial charge on any atom is -0.338 e. The summed E-state index contributed by atoms with van der Waals surface area (Å²) in [5, 5.41) is 2.93. The van der Waals surface area contributed by atoms with Gasteiger partial charge in [-0.1, -0.05) is 38.8 Å². The average Bonchev–Trinajstić information content (AvgIpc) is 2.60. The molecule has 1 saturated heterocycles. The molecule has 2 atom stereocenters. The predicted octanol–water partition coefficient (Wildman–Crippen LogP) is 4.07. The summed E-state index contributed by atoms with van der Waals surface area (Å²) in [6.45, 7) is 6.65. The first kappa shape index (κ1) is 23.4. The highest BCUT2D eigenvalue weighted by atomic mass is 35.5. The van der Waals surface area contributed by atoms with Crippen molar-refractivity contribution in [2.45, 2.75) is 52.4 Å². The van der Waals surface area contributed by atoms with Gasteiger partial charge in [0.2, 0.25) is 5.91 Å². The van der Waals surface area contributed by atoms with Crippen molar-refractivity contribution in [1.29, 1.82) is 0 Å². The van der Waals surface area contributed by atoms with Crippen molar-refractivity contribution in [3.05, 3.63) is 29.8 Å². The van der Waals surface area contributed by atoms with Crippen molar-refractivity contribution in [3.8, 4) is 0 Å². The zero-order valence-electron chi connectivity index (χ0n) is 16.6. The molecule has 6 heteroatoms. The van der Waals surface area contributed by atoms with Crippen molar-refractivity contribution in [1.82, 2.24) is 4.90 Å². The molecule has 2 rings (SSSR count). The molecule has 0 bridgehead atoms. The van der Waals surface area contributed by atoms with Gasteiger partial charge in [-0.05, 0) is 49.8 Å². The van der Waals surface area contributed by atoms with Crippen LogP contribution >= 0.6 is 12.4 Å². The van der Waals surface area contributed by atoms with E-state index in [1.54, 1.807) is 0 Å². The van der Waals surface area contributed by atoms with E-state index < -0.39 is 0 Å². The Morgan fingerprint density at radius 2 is 1.70 bits per heavy atom. The number of benzene rings is 1. The van der Waals surface area contributed by atoms with E-state index >= 15 is 0 Å². The number of unbranched alkanes of at least 4 members (excludes halogenated alkanes) is 3. The summed E-state index contributed by atoms with van der Waals surface area (Å²) in [5.41, 5.74) is 6.69. The standard InChI is InChI=1S/C21H33N3O2.ClH/c1-16-13-17(2)15-24(14-16)21(26)18-9-6-7-10-19(18)23-20(25)11-5-3-4-8-12-22;/h6-7,9-10,16-17H,3-5,8,11-15,22H2,1-2H3,(H,23,25);1H. The number of para-hydroxylation sites is 1. The SMILES string of the molecule is CC1CC(C)CN(C(=O)c2ccccc2NC(=O)CCCCCCN)C1.Cl. The van der Waals surface area contributed by atoms with Gasteiger partial charge in [0, 0.05) is 19.5 Å². The Labute approximate surface area is 169 Å². The first-order valence-electron chi connectivity index (χ1n) is 9.89. The Hall–Kier alpha value is -1.59. The number of rotatable bonds is 8. The second kappa shape index (κ2) is 12.0. The number of halogens is 1. The number of nitrogens with one attached hydrogen (secondary N) is 1. The van der Waals surface area contributed by atoms with Gasteiger partial charge in [-0.3, -0.25) is 9.59 Å². The average molecular weight is 396 g/mol. The molecule has 1 aromatic rings. The number of amides is 2. The first-order chi connectivity index (χ1) is 12.5. The lowest BCUT2D eigenvalue weighted by Crippen LogP contribution is -2.42. The zero-order chi connectivity index (χ0) is 18.9. The summed E-state index contributed by atoms with van der Waals surface area (Å²) < 4.78 is 0. The van der Waals surface area contributed by atoms with E-state index in [1.807, 2.05) is 29.2 Å². The van der Waals surface area contributed by atoms with Crippen molar-refractivity contribution < 1.29 is 9.59 Å². The minimum atomic E-state index is -0.0293. The largest absolute Gasteiger partial charge is 0.338 e. The van der Waals surface area contributed by atoms with Gasteiger partial charge in [-0.15, -0.1) is 12.4 Å². The quantitative estimate of drug-likeness (QED) is 0.651. The Morgan fingerprint density at radius 1 is 1.07 bits per heavy atom. The van der Waals surface area contributed by atoms with E-state index in [1.165, 1.54) is 0 Å². The summed E-state index contributed by atoms with van der Waals surface area (Å²) in [7, 11) is 0. The maximum absolute atomic E-state index is 13.0. The summed E-state index contributed by atoms with van der Waals surface area (Å²) in [5.74, 6) is 1.01. The lowest BCUT2D eigenvalue weighted by atomic mass is 9.91. The van der Waals surface area contributed by atoms with E-state index in [-0.39, 0.29) is 24.2 Å². The molecule has 5 nitrogen and oxygen atoms in total. The third-order valence-corrected chi connectivity index (χ3v) is 4.95. The number of anilines is 1. The molecule has 1 heterocycles. The summed E-state index contributed by atoms with van der Waals surface area (Å²) in [6, 6.07) is 7.33. The molecule has 0 aromatic heterocycles. The Bertz CT molecular complexity index is 599. The second-order valence-electron chi connectivity index (χ2n) is 7.70. The van der Waals surface area contributed by atoms with Crippen LogP contribution < -0.4 is 11.1 Å². The lowest BCUT2D eigenvalue weighted by Gasteiger charge is -2.35. The second-order valence-corrected chi connectivity index (χ2v) is 7.70. The molecule has 1 aliphatic heterocycles. The molecule has 152 valence electrons. The normalized spacial score (nSPS) is 19.3. The number of nitrogens with two attached hydrogens (primary N) is 1. The third kappa shape index (κ3) is 7.51. The Kier molecular flexibility index (Phi) is 10.4. The van der Waals surface area contributed by atoms with Gasteiger partial charge >= 0.3 is 0 Å². The number of nitrogens with zero attached hydrogens (tertiary/aromatic N) is 1. The number of carbonyl (C=O) groups excluding carboxylic acids is 2. The van der Waals surface area contributed by atoms with Crippen molar-refractivity contribution >= 4 is 29.9 Å². The van der Waals surface area contributed by atoms with Gasteiger partial charge in [-0.2, -0.15) is 0 Å². The molecule has 0 radical (unpaired) electrons. The van der Waals surface area contributed by atoms with Gasteiger partial charge < -0.3 is 16.0 Å². The van der Waals surface area contributed by atoms with Crippen LogP contribution in [-0.4, -0.2) is 36.3 Å². The van der Waals surface area contributed by atoms with Crippen molar-refractivity contribution in [2.75, 3.05) is 25.0 Å². The van der Waals surface area contributed by atoms with Crippen LogP contribution in [0.25, 0.3) is 0 Å². The minimum absolute atomic E-state index is 0. The smallest absolute Gasteiger partial charge is 0.255 e. The van der Waals surface area contributed by atoms with Crippen LogP contribution in [0.2, 0.25) is 0 Å². The highest BCUT2D eigenvalue weighted by molar-refractivity contribution is 6.03. The van der Waals surface area contributed by atoms with Crippen molar-refractivity contribution in [2.24, 2.45) is 17.6 Å². The van der Waals surface area contributed by atoms with Gasteiger partial charge in [0.15, 0.2) is 0 Å². The van der Waals surface area contributed by atoms with Gasteiger partial charge in [0.05, 0.1) is 11.3 Å². The van der Waals surface area contributed by atoms with E-state index in [9.17, 15) is 9.59 Å². The molecule has 1 fully saturated rings. The fourth-order valence-corrected chi connectivity index (χ4v) is 3.77. The predicted molar refractivity (Wildman–Crippen MR) is 113 cm³/mol. The van der Waals surface area contributed by atoms with Crippen LogP contribution in [0.4, 0.5) is 5.69 Å². The van der Waals surface area contributed by atoms with Crippen LogP contribution in [-0.2, 0) is 4.79 Å². The monoisotopic (exact) mass is 395 g/mol. The number of piperidine rings is 1. The number of hydrogen-bond donors (Lipinski definition) is 2. The molecule has 3 N–H and O–H groups in total. The van der Waals surface area contributed by atoms with Crippen LogP contribution in [0, 0.1) is 11.8 Å². The molecule has 1 aromatic carbocycles. The summed E-state index contributed by atoms with van der Waals surface area (Å²) in [6.07, 6.45) is 5.56. The maximum Gasteiger partial charge on any atom is 0.255 e. The fraction of sp³-hybridized carbons (Fsp3) is 0.619. The topological polar surface area (TPSA) is 75.4 Å². The number of likely N-dealkylation sites (tertiary alicyclic amines) is 1. The summed E-state index contributed by atoms with van der Waals surface area (Å²) >= 11 is 0. The van der Waals surface area contributed by atoms with E-state index in [4.69, 9.17) is 5.73 Å². The molecule has 0 saturated carbocycles. The molecule has 0 spiro atoms. The summed E-state index contributed by atoms with van der Waals surface area (Å²) in [4.78, 5) is 27.2. The van der Waals surface area contributed by atoms with E-state index in [0.29, 0.717) is 36.1 Å². The lowest BCUT2D eigenvalue weighted by molar-refractivity contribution is -0.116. The molecule has 0 aliphatic carbocycles. The van der Waals surface area contributed by atoms with Gasteiger partial charge in [0.1, 0.15) is 0 Å². The highest BCUT2D eigenvalue weighted by Gasteiger charge is 2.27. The zero-order valence-corrected chi connectivity index (χ0v) is 17.4. The fourth-order valence-electron chi connectivity index (χ4n) is 3.77. The molecule has 1 aliphatic rings. The molecule has 27 heavy (non-hydrogen) atoms. The van der Waals surface area contributed by atoms with Gasteiger partial charge in [-0.25, -0.2) is 0 Å². The Morgan fingerprint density at radius 3 is 2.37 bits per heavy atom. The maximum atomic E-state index is 13.0. The van der Waals surface area contributed by atoms with Crippen LogP contribution in [0.3, 0.4) is 0 Å². The highest BCUT2D eigenvalue weighted by Crippen LogP contribution is 2.25. The number of hydrogen-bond acceptors (Lipinski definition) is 3. The molecular weight excluding hydrogens is 362 g/mol. The van der Waals surface area contributed by atoms with Crippen LogP contribution in [0.1, 0.15) is 62.7 Å². The van der Waals surface area contributed by atoms with Crippen molar-refractivity contribution in [3.63, 3.8) is 0 Å². The molecule has 2 unspecified atom stereocenters. The van der Waals surface area contributed by atoms with E-state index in [0.717, 1.165) is 45.2 Å². The Balaban J connectivity index is 0.00000364. The van der Waals surface area contributed by atoms with Crippen LogP contribution in [0.5, 0.6) is 0 Å².